The Morgan fingerprint density at radius 3 is 2.29 bits per heavy atom. The molecule has 0 heterocycles. The number of esters is 1. The van der Waals surface area contributed by atoms with Crippen molar-refractivity contribution in [1.29, 1.82) is 0 Å². The van der Waals surface area contributed by atoms with Crippen molar-refractivity contribution in [2.75, 3.05) is 6.61 Å². The third-order valence-electron chi connectivity index (χ3n) is 2.11. The highest BCUT2D eigenvalue weighted by atomic mass is 16.5. The van der Waals surface area contributed by atoms with E-state index in [0.717, 1.165) is 5.57 Å². The minimum absolute atomic E-state index is 0.173. The lowest BCUT2D eigenvalue weighted by molar-refractivity contribution is 0.0523. The van der Waals surface area contributed by atoms with Crippen LogP contribution in [-0.4, -0.2) is 18.4 Å². The Balaban J connectivity index is 3.12. The van der Waals surface area contributed by atoms with E-state index in [-0.39, 0.29) is 5.78 Å². The third-order valence-corrected chi connectivity index (χ3v) is 2.11. The molecule has 0 aliphatic heterocycles. The molecule has 0 atom stereocenters. The average Bonchev–Trinajstić information content (AvgIpc) is 2.28. The fraction of sp³-hybridized carbons (Fsp3) is 0.286. The first kappa shape index (κ1) is 13.2. The van der Waals surface area contributed by atoms with Crippen LogP contribution in [0.5, 0.6) is 0 Å². The summed E-state index contributed by atoms with van der Waals surface area (Å²) >= 11 is 0. The molecule has 1 rings (SSSR count). The first-order valence-electron chi connectivity index (χ1n) is 5.51. The van der Waals surface area contributed by atoms with Gasteiger partial charge in [-0.05, 0) is 32.9 Å². The highest BCUT2D eigenvalue weighted by Gasteiger charge is 2.15. The molecule has 90 valence electrons. The van der Waals surface area contributed by atoms with Gasteiger partial charge in [-0.1, -0.05) is 23.8 Å². The first-order chi connectivity index (χ1) is 8.06. The standard InChI is InChI=1S/C14H16O3/c1-4-17-14(16)12-8-6-5-7-11(12)13(15)9-10(2)3/h5-9H,4H2,1-3H3. The summed E-state index contributed by atoms with van der Waals surface area (Å²) in [7, 11) is 0. The van der Waals surface area contributed by atoms with E-state index in [1.807, 2.05) is 13.8 Å². The lowest BCUT2D eigenvalue weighted by Crippen LogP contribution is -2.10. The number of ketones is 1. The molecule has 0 N–H and O–H groups in total. The van der Waals surface area contributed by atoms with Gasteiger partial charge in [-0.2, -0.15) is 0 Å². The molecule has 17 heavy (non-hydrogen) atoms. The predicted molar refractivity (Wildman–Crippen MR) is 66.2 cm³/mol. The number of hydrogen-bond acceptors (Lipinski definition) is 3. The van der Waals surface area contributed by atoms with Crippen LogP contribution in [0.3, 0.4) is 0 Å². The Morgan fingerprint density at radius 2 is 1.76 bits per heavy atom. The summed E-state index contributed by atoms with van der Waals surface area (Å²) in [4.78, 5) is 23.6. The van der Waals surface area contributed by atoms with Crippen molar-refractivity contribution >= 4 is 11.8 Å². The number of carbonyl (C=O) groups is 2. The lowest BCUT2D eigenvalue weighted by atomic mass is 10.0. The van der Waals surface area contributed by atoms with Crippen molar-refractivity contribution in [1.82, 2.24) is 0 Å². The quantitative estimate of drug-likeness (QED) is 0.455. The van der Waals surface area contributed by atoms with Crippen molar-refractivity contribution in [3.63, 3.8) is 0 Å². The van der Waals surface area contributed by atoms with E-state index in [4.69, 9.17) is 4.74 Å². The summed E-state index contributed by atoms with van der Waals surface area (Å²) in [5, 5.41) is 0. The maximum Gasteiger partial charge on any atom is 0.338 e. The molecular weight excluding hydrogens is 216 g/mol. The fourth-order valence-electron chi connectivity index (χ4n) is 1.42. The van der Waals surface area contributed by atoms with Crippen LogP contribution in [-0.2, 0) is 4.74 Å². The van der Waals surface area contributed by atoms with Crippen LogP contribution in [0.1, 0.15) is 41.5 Å². The predicted octanol–water partition coefficient (Wildman–Crippen LogP) is 3.01. The molecule has 0 fully saturated rings. The van der Waals surface area contributed by atoms with Gasteiger partial charge in [-0.25, -0.2) is 4.79 Å². The second kappa shape index (κ2) is 5.99. The van der Waals surface area contributed by atoms with Crippen molar-refractivity contribution in [2.45, 2.75) is 20.8 Å². The molecule has 0 spiro atoms. The van der Waals surface area contributed by atoms with Crippen molar-refractivity contribution in [2.24, 2.45) is 0 Å². The highest BCUT2D eigenvalue weighted by Crippen LogP contribution is 2.12. The maximum absolute atomic E-state index is 11.9. The number of hydrogen-bond donors (Lipinski definition) is 0. The molecule has 0 amide bonds. The topological polar surface area (TPSA) is 43.4 Å². The van der Waals surface area contributed by atoms with Crippen LogP contribution in [0.25, 0.3) is 0 Å². The van der Waals surface area contributed by atoms with E-state index in [2.05, 4.69) is 0 Å². The van der Waals surface area contributed by atoms with Gasteiger partial charge < -0.3 is 4.74 Å². The molecule has 0 bridgehead atoms. The Bertz CT molecular complexity index is 454. The molecule has 0 aliphatic carbocycles. The lowest BCUT2D eigenvalue weighted by Gasteiger charge is -2.06. The molecule has 1 aromatic rings. The smallest absolute Gasteiger partial charge is 0.338 e. The largest absolute Gasteiger partial charge is 0.462 e. The molecule has 1 aromatic carbocycles. The van der Waals surface area contributed by atoms with Gasteiger partial charge >= 0.3 is 5.97 Å². The van der Waals surface area contributed by atoms with E-state index in [1.165, 1.54) is 6.08 Å². The monoisotopic (exact) mass is 232 g/mol. The van der Waals surface area contributed by atoms with Crippen LogP contribution >= 0.6 is 0 Å². The van der Waals surface area contributed by atoms with E-state index in [1.54, 1.807) is 31.2 Å². The first-order valence-corrected chi connectivity index (χ1v) is 5.51. The van der Waals surface area contributed by atoms with Gasteiger partial charge in [0.1, 0.15) is 0 Å². The second-order valence-corrected chi connectivity index (χ2v) is 3.85. The van der Waals surface area contributed by atoms with Crippen LogP contribution in [0, 0.1) is 0 Å². The molecule has 3 heteroatoms. The zero-order valence-corrected chi connectivity index (χ0v) is 10.3. The molecule has 0 unspecified atom stereocenters. The number of carbonyl (C=O) groups excluding carboxylic acids is 2. The van der Waals surface area contributed by atoms with Crippen molar-refractivity contribution in [3.05, 3.63) is 47.0 Å². The molecule has 3 nitrogen and oxygen atoms in total. The summed E-state index contributed by atoms with van der Waals surface area (Å²) in [5.74, 6) is -0.632. The van der Waals surface area contributed by atoms with E-state index in [9.17, 15) is 9.59 Å². The van der Waals surface area contributed by atoms with Crippen molar-refractivity contribution < 1.29 is 14.3 Å². The van der Waals surface area contributed by atoms with Gasteiger partial charge in [0, 0.05) is 5.56 Å². The summed E-state index contributed by atoms with van der Waals surface area (Å²) in [6.45, 7) is 5.71. The SMILES string of the molecule is CCOC(=O)c1ccccc1C(=O)C=C(C)C. The highest BCUT2D eigenvalue weighted by molar-refractivity contribution is 6.11. The van der Waals surface area contributed by atoms with Gasteiger partial charge in [0.25, 0.3) is 0 Å². The van der Waals surface area contributed by atoms with Crippen LogP contribution in [0.2, 0.25) is 0 Å². The zero-order valence-electron chi connectivity index (χ0n) is 10.3. The second-order valence-electron chi connectivity index (χ2n) is 3.85. The summed E-state index contributed by atoms with van der Waals surface area (Å²) in [5.41, 5.74) is 1.60. The Kier molecular flexibility index (Phi) is 4.64. The fourth-order valence-corrected chi connectivity index (χ4v) is 1.42. The Labute approximate surface area is 101 Å². The summed E-state index contributed by atoms with van der Waals surface area (Å²) in [6, 6.07) is 6.68. The van der Waals surface area contributed by atoms with E-state index < -0.39 is 5.97 Å². The van der Waals surface area contributed by atoms with Gasteiger partial charge in [0.05, 0.1) is 12.2 Å². The maximum atomic E-state index is 11.9. The number of rotatable bonds is 4. The van der Waals surface area contributed by atoms with Gasteiger partial charge in [0.2, 0.25) is 0 Å². The molecule has 0 aliphatic rings. The average molecular weight is 232 g/mol. The van der Waals surface area contributed by atoms with E-state index in [0.29, 0.717) is 17.7 Å². The van der Waals surface area contributed by atoms with E-state index >= 15 is 0 Å². The Hall–Kier alpha value is -1.90. The van der Waals surface area contributed by atoms with Crippen molar-refractivity contribution in [3.8, 4) is 0 Å². The summed E-state index contributed by atoms with van der Waals surface area (Å²) in [6.07, 6.45) is 1.51. The number of ether oxygens (including phenoxy) is 1. The number of benzene rings is 1. The van der Waals surface area contributed by atoms with Crippen LogP contribution in [0.15, 0.2) is 35.9 Å². The summed E-state index contributed by atoms with van der Waals surface area (Å²) < 4.78 is 4.91. The molecule has 0 radical (unpaired) electrons. The van der Waals surface area contributed by atoms with Gasteiger partial charge in [0.15, 0.2) is 5.78 Å². The Morgan fingerprint density at radius 1 is 1.18 bits per heavy atom. The van der Waals surface area contributed by atoms with Crippen LogP contribution in [0.4, 0.5) is 0 Å². The third kappa shape index (κ3) is 3.55. The zero-order chi connectivity index (χ0) is 12.8. The molecule has 0 aromatic heterocycles. The molecular formula is C14H16O3. The minimum atomic E-state index is -0.460. The van der Waals surface area contributed by atoms with Gasteiger partial charge in [-0.15, -0.1) is 0 Å². The normalized spacial score (nSPS) is 9.59. The number of allylic oxidation sites excluding steroid dienone is 2. The minimum Gasteiger partial charge on any atom is -0.462 e. The molecule has 0 saturated heterocycles. The van der Waals surface area contributed by atoms with Gasteiger partial charge in [-0.3, -0.25) is 4.79 Å². The van der Waals surface area contributed by atoms with Crippen LogP contribution < -0.4 is 0 Å². The molecule has 0 saturated carbocycles.